The molecular formula is C15H15N7OS. The maximum atomic E-state index is 12.8. The summed E-state index contributed by atoms with van der Waals surface area (Å²) in [6.45, 7) is 2.42. The summed E-state index contributed by atoms with van der Waals surface area (Å²) in [5.41, 5.74) is 2.67. The summed E-state index contributed by atoms with van der Waals surface area (Å²) in [6.07, 6.45) is 4.11. The molecule has 1 aliphatic rings. The summed E-state index contributed by atoms with van der Waals surface area (Å²) >= 11 is 1.35. The summed E-state index contributed by atoms with van der Waals surface area (Å²) in [6, 6.07) is 5.12. The standard InChI is InChI=1S/C15H15N7OS/c1-9-20-21-14(24-9)19-15(23)22-7-5-10-12(18-8-17-10)13(22)11-4-2-3-6-16-11/h2-4,6,8,13H,5,7H2,1H3,(H,17,18)(H,19,21,23)/t13-/m1/s1. The molecule has 0 saturated heterocycles. The smallest absolute Gasteiger partial charge is 0.324 e. The Labute approximate surface area is 142 Å². The first-order valence-electron chi connectivity index (χ1n) is 7.53. The number of hydrogen-bond donors (Lipinski definition) is 2. The predicted molar refractivity (Wildman–Crippen MR) is 88.7 cm³/mol. The summed E-state index contributed by atoms with van der Waals surface area (Å²) < 4.78 is 0. The van der Waals surface area contributed by atoms with Crippen LogP contribution in [0.5, 0.6) is 0 Å². The van der Waals surface area contributed by atoms with Crippen molar-refractivity contribution in [2.24, 2.45) is 0 Å². The minimum atomic E-state index is -0.324. The fraction of sp³-hybridized carbons (Fsp3) is 0.267. The molecule has 122 valence electrons. The van der Waals surface area contributed by atoms with Crippen LogP contribution in [0.25, 0.3) is 0 Å². The molecule has 0 aliphatic carbocycles. The first kappa shape index (κ1) is 14.8. The lowest BCUT2D eigenvalue weighted by atomic mass is 10.00. The van der Waals surface area contributed by atoms with E-state index in [1.165, 1.54) is 11.3 Å². The molecule has 8 nitrogen and oxygen atoms in total. The average Bonchev–Trinajstić information content (AvgIpc) is 3.23. The van der Waals surface area contributed by atoms with Crippen molar-refractivity contribution in [1.29, 1.82) is 0 Å². The van der Waals surface area contributed by atoms with Gasteiger partial charge in [-0.25, -0.2) is 9.78 Å². The van der Waals surface area contributed by atoms with E-state index in [9.17, 15) is 4.79 Å². The van der Waals surface area contributed by atoms with E-state index in [-0.39, 0.29) is 12.1 Å². The summed E-state index contributed by atoms with van der Waals surface area (Å²) in [7, 11) is 0. The highest BCUT2D eigenvalue weighted by Gasteiger charge is 2.35. The van der Waals surface area contributed by atoms with Gasteiger partial charge in [0.2, 0.25) is 5.13 Å². The minimum absolute atomic E-state index is 0.226. The van der Waals surface area contributed by atoms with Crippen LogP contribution in [0.4, 0.5) is 9.93 Å². The molecular weight excluding hydrogens is 326 g/mol. The van der Waals surface area contributed by atoms with Gasteiger partial charge in [0, 0.05) is 24.9 Å². The number of rotatable bonds is 2. The Morgan fingerprint density at radius 3 is 3.04 bits per heavy atom. The van der Waals surface area contributed by atoms with E-state index in [4.69, 9.17) is 0 Å². The van der Waals surface area contributed by atoms with Gasteiger partial charge in [0.1, 0.15) is 11.0 Å². The number of urea groups is 1. The van der Waals surface area contributed by atoms with Crippen molar-refractivity contribution in [3.63, 3.8) is 0 Å². The largest absolute Gasteiger partial charge is 0.348 e. The number of hydrogen-bond acceptors (Lipinski definition) is 6. The SMILES string of the molecule is Cc1nnc(NC(=O)N2CCc3[nH]cnc3[C@H]2c2ccccn2)s1. The van der Waals surface area contributed by atoms with Crippen LogP contribution in [0.1, 0.15) is 28.1 Å². The molecule has 0 fully saturated rings. The van der Waals surface area contributed by atoms with E-state index >= 15 is 0 Å². The molecule has 0 saturated carbocycles. The highest BCUT2D eigenvalue weighted by molar-refractivity contribution is 7.15. The normalized spacial score (nSPS) is 16.7. The zero-order chi connectivity index (χ0) is 16.5. The fourth-order valence-electron chi connectivity index (χ4n) is 2.84. The Kier molecular flexibility index (Phi) is 3.69. The maximum Gasteiger partial charge on any atom is 0.324 e. The van der Waals surface area contributed by atoms with Crippen LogP contribution in [0.15, 0.2) is 30.7 Å². The van der Waals surface area contributed by atoms with Crippen LogP contribution in [-0.2, 0) is 6.42 Å². The second-order valence-corrected chi connectivity index (χ2v) is 6.60. The molecule has 0 spiro atoms. The van der Waals surface area contributed by atoms with Crippen molar-refractivity contribution in [2.45, 2.75) is 19.4 Å². The van der Waals surface area contributed by atoms with Crippen LogP contribution in [0, 0.1) is 6.92 Å². The van der Waals surface area contributed by atoms with Crippen molar-refractivity contribution in [3.8, 4) is 0 Å². The van der Waals surface area contributed by atoms with E-state index in [1.54, 1.807) is 17.4 Å². The molecule has 2 N–H and O–H groups in total. The number of amides is 2. The Bertz CT molecular complexity index is 860. The number of imidazole rings is 1. The number of aromatic amines is 1. The zero-order valence-electron chi connectivity index (χ0n) is 12.9. The molecule has 9 heteroatoms. The van der Waals surface area contributed by atoms with Gasteiger partial charge in [-0.15, -0.1) is 10.2 Å². The van der Waals surface area contributed by atoms with Gasteiger partial charge < -0.3 is 9.88 Å². The van der Waals surface area contributed by atoms with Gasteiger partial charge in [-0.1, -0.05) is 17.4 Å². The van der Waals surface area contributed by atoms with Crippen molar-refractivity contribution in [1.82, 2.24) is 30.0 Å². The molecule has 24 heavy (non-hydrogen) atoms. The van der Waals surface area contributed by atoms with Gasteiger partial charge >= 0.3 is 6.03 Å². The number of carbonyl (C=O) groups is 1. The van der Waals surface area contributed by atoms with Crippen LogP contribution in [0.3, 0.4) is 0 Å². The third kappa shape index (κ3) is 2.62. The number of pyridine rings is 1. The van der Waals surface area contributed by atoms with E-state index in [0.717, 1.165) is 28.5 Å². The Morgan fingerprint density at radius 2 is 2.29 bits per heavy atom. The van der Waals surface area contributed by atoms with E-state index < -0.39 is 0 Å². The lowest BCUT2D eigenvalue weighted by molar-refractivity contribution is 0.191. The minimum Gasteiger partial charge on any atom is -0.348 e. The van der Waals surface area contributed by atoms with E-state index in [1.807, 2.05) is 25.1 Å². The van der Waals surface area contributed by atoms with E-state index in [0.29, 0.717) is 11.7 Å². The molecule has 0 unspecified atom stereocenters. The number of anilines is 1. The van der Waals surface area contributed by atoms with Crippen molar-refractivity contribution < 1.29 is 4.79 Å². The number of nitrogens with one attached hydrogen (secondary N) is 2. The molecule has 3 aromatic heterocycles. The Balaban J connectivity index is 1.67. The average molecular weight is 341 g/mol. The molecule has 0 bridgehead atoms. The lowest BCUT2D eigenvalue weighted by Crippen LogP contribution is -2.43. The first-order valence-corrected chi connectivity index (χ1v) is 8.35. The van der Waals surface area contributed by atoms with Gasteiger partial charge in [-0.05, 0) is 19.1 Å². The molecule has 3 aromatic rings. The second-order valence-electron chi connectivity index (χ2n) is 5.42. The monoisotopic (exact) mass is 341 g/mol. The summed E-state index contributed by atoms with van der Waals surface area (Å²) in [5, 5.41) is 12.0. The van der Waals surface area contributed by atoms with E-state index in [2.05, 4.69) is 30.5 Å². The van der Waals surface area contributed by atoms with Crippen molar-refractivity contribution in [2.75, 3.05) is 11.9 Å². The number of nitrogens with zero attached hydrogens (tertiary/aromatic N) is 5. The van der Waals surface area contributed by atoms with Gasteiger partial charge in [-0.2, -0.15) is 0 Å². The molecule has 1 aliphatic heterocycles. The van der Waals surface area contributed by atoms with Crippen LogP contribution in [0.2, 0.25) is 0 Å². The Morgan fingerprint density at radius 1 is 1.38 bits per heavy atom. The van der Waals surface area contributed by atoms with Gasteiger partial charge in [-0.3, -0.25) is 10.3 Å². The zero-order valence-corrected chi connectivity index (χ0v) is 13.7. The number of aryl methyl sites for hydroxylation is 1. The quantitative estimate of drug-likeness (QED) is 0.744. The molecule has 4 rings (SSSR count). The number of carbonyl (C=O) groups excluding carboxylic acids is 1. The van der Waals surface area contributed by atoms with Gasteiger partial charge in [0.25, 0.3) is 0 Å². The Hall–Kier alpha value is -2.81. The first-order chi connectivity index (χ1) is 11.7. The second kappa shape index (κ2) is 6.00. The van der Waals surface area contributed by atoms with Crippen LogP contribution >= 0.6 is 11.3 Å². The number of H-pyrrole nitrogens is 1. The summed E-state index contributed by atoms with van der Waals surface area (Å²) in [5.74, 6) is 0. The van der Waals surface area contributed by atoms with Gasteiger partial charge in [0.15, 0.2) is 0 Å². The van der Waals surface area contributed by atoms with Crippen LogP contribution in [-0.4, -0.2) is 42.6 Å². The molecule has 0 aromatic carbocycles. The summed E-state index contributed by atoms with van der Waals surface area (Å²) in [4.78, 5) is 26.5. The third-order valence-electron chi connectivity index (χ3n) is 3.89. The number of aromatic nitrogens is 5. The lowest BCUT2D eigenvalue weighted by Gasteiger charge is -2.34. The maximum absolute atomic E-state index is 12.8. The molecule has 4 heterocycles. The number of fused-ring (bicyclic) bond motifs is 1. The highest BCUT2D eigenvalue weighted by Crippen LogP contribution is 2.32. The molecule has 0 radical (unpaired) electrons. The molecule has 2 amide bonds. The third-order valence-corrected chi connectivity index (χ3v) is 4.65. The fourth-order valence-corrected chi connectivity index (χ4v) is 3.42. The van der Waals surface area contributed by atoms with Crippen molar-refractivity contribution in [3.05, 3.63) is 52.8 Å². The highest BCUT2D eigenvalue weighted by atomic mass is 32.1. The van der Waals surface area contributed by atoms with Crippen molar-refractivity contribution >= 4 is 22.5 Å². The van der Waals surface area contributed by atoms with Gasteiger partial charge in [0.05, 0.1) is 17.7 Å². The molecule has 1 atom stereocenters. The topological polar surface area (TPSA) is 99.7 Å². The predicted octanol–water partition coefficient (Wildman–Crippen LogP) is 2.14. The van der Waals surface area contributed by atoms with Crippen LogP contribution < -0.4 is 5.32 Å².